The summed E-state index contributed by atoms with van der Waals surface area (Å²) in [5.41, 5.74) is 0.191. The lowest BCUT2D eigenvalue weighted by Crippen LogP contribution is -2.46. The third-order valence-corrected chi connectivity index (χ3v) is 3.70. The first-order valence-corrected chi connectivity index (χ1v) is 5.94. The van der Waals surface area contributed by atoms with Crippen LogP contribution in [0.1, 0.15) is 24.0 Å². The molecule has 7 nitrogen and oxygen atoms in total. The van der Waals surface area contributed by atoms with E-state index in [1.165, 1.54) is 12.1 Å². The van der Waals surface area contributed by atoms with Crippen LogP contribution in [0.4, 0.5) is 10.5 Å². The number of aryl methyl sites for hydroxylation is 1. The Bertz CT molecular complexity index is 613. The van der Waals surface area contributed by atoms with Gasteiger partial charge < -0.3 is 5.32 Å². The highest BCUT2D eigenvalue weighted by molar-refractivity contribution is 6.07. The van der Waals surface area contributed by atoms with Gasteiger partial charge in [0.25, 0.3) is 11.6 Å². The van der Waals surface area contributed by atoms with Gasteiger partial charge in [-0.05, 0) is 30.4 Å². The van der Waals surface area contributed by atoms with Gasteiger partial charge in [-0.15, -0.1) is 0 Å². The van der Waals surface area contributed by atoms with Crippen LogP contribution in [-0.4, -0.2) is 16.9 Å². The molecular weight excluding hydrogens is 250 g/mol. The number of nitro groups is 1. The van der Waals surface area contributed by atoms with Crippen LogP contribution < -0.4 is 10.6 Å². The number of hydrogen-bond acceptors (Lipinski definition) is 4. The van der Waals surface area contributed by atoms with Crippen LogP contribution in [0.3, 0.4) is 0 Å². The average Bonchev–Trinajstić information content (AvgIpc) is 2.65. The topological polar surface area (TPSA) is 101 Å². The summed E-state index contributed by atoms with van der Waals surface area (Å²) in [6.07, 6.45) is 1.95. The molecule has 0 unspecified atom stereocenters. The first kappa shape index (κ1) is 11.6. The van der Waals surface area contributed by atoms with E-state index in [1.807, 2.05) is 0 Å². The summed E-state index contributed by atoms with van der Waals surface area (Å²) < 4.78 is 0. The van der Waals surface area contributed by atoms with Crippen molar-refractivity contribution in [2.45, 2.75) is 24.8 Å². The number of carbonyl (C=O) groups excluding carboxylic acids is 2. The van der Waals surface area contributed by atoms with Gasteiger partial charge in [0.05, 0.1) is 4.92 Å². The number of benzene rings is 1. The summed E-state index contributed by atoms with van der Waals surface area (Å²) in [6, 6.07) is 3.92. The molecule has 1 aromatic rings. The van der Waals surface area contributed by atoms with E-state index < -0.39 is 22.4 Å². The van der Waals surface area contributed by atoms with E-state index in [0.717, 1.165) is 18.4 Å². The largest absolute Gasteiger partial charge is 0.322 e. The second-order valence-corrected chi connectivity index (χ2v) is 4.77. The van der Waals surface area contributed by atoms with Crippen molar-refractivity contribution in [3.63, 3.8) is 0 Å². The Morgan fingerprint density at radius 2 is 2.11 bits per heavy atom. The summed E-state index contributed by atoms with van der Waals surface area (Å²) in [5.74, 6) is -0.432. The van der Waals surface area contributed by atoms with Gasteiger partial charge in [-0.2, -0.15) is 0 Å². The standard InChI is InChI=1S/C12H11N3O4/c16-10-12(14-11(17)13-10)5-1-2-7-3-4-8(15(18)19)6-9(7)12/h3-4,6H,1-2,5H2,(H2,13,14,16,17)/t12-/m1/s1. The minimum absolute atomic E-state index is 0.0750. The van der Waals surface area contributed by atoms with Crippen molar-refractivity contribution in [1.29, 1.82) is 0 Å². The first-order valence-electron chi connectivity index (χ1n) is 5.94. The molecule has 3 rings (SSSR count). The molecule has 0 aromatic heterocycles. The van der Waals surface area contributed by atoms with Crippen LogP contribution in [0.2, 0.25) is 0 Å². The molecule has 1 aliphatic carbocycles. The number of imide groups is 1. The molecule has 7 heteroatoms. The Morgan fingerprint density at radius 3 is 2.74 bits per heavy atom. The third kappa shape index (κ3) is 1.58. The van der Waals surface area contributed by atoms with Crippen molar-refractivity contribution >= 4 is 17.6 Å². The lowest BCUT2D eigenvalue weighted by molar-refractivity contribution is -0.385. The summed E-state index contributed by atoms with van der Waals surface area (Å²) in [7, 11) is 0. The highest BCUT2D eigenvalue weighted by atomic mass is 16.6. The van der Waals surface area contributed by atoms with E-state index in [9.17, 15) is 19.7 Å². The summed E-state index contributed by atoms with van der Waals surface area (Å²) in [6.45, 7) is 0. The van der Waals surface area contributed by atoms with Crippen LogP contribution in [0, 0.1) is 10.1 Å². The summed E-state index contributed by atoms with van der Waals surface area (Å²) in [5, 5.41) is 15.7. The number of amides is 3. The number of urea groups is 1. The SMILES string of the molecule is O=C1NC(=O)[C@]2(CCCc3ccc([N+](=O)[O-])cc32)N1. The number of carbonyl (C=O) groups is 2. The van der Waals surface area contributed by atoms with Crippen molar-refractivity contribution < 1.29 is 14.5 Å². The fourth-order valence-electron chi connectivity index (χ4n) is 2.83. The zero-order valence-corrected chi connectivity index (χ0v) is 9.93. The molecule has 1 spiro atoms. The van der Waals surface area contributed by atoms with E-state index in [-0.39, 0.29) is 5.69 Å². The maximum Gasteiger partial charge on any atom is 0.322 e. The Morgan fingerprint density at radius 1 is 1.32 bits per heavy atom. The van der Waals surface area contributed by atoms with E-state index in [0.29, 0.717) is 12.0 Å². The fraction of sp³-hybridized carbons (Fsp3) is 0.333. The predicted octanol–water partition coefficient (Wildman–Crippen LogP) is 0.966. The van der Waals surface area contributed by atoms with Crippen molar-refractivity contribution in [2.24, 2.45) is 0 Å². The molecule has 1 fully saturated rings. The fourth-order valence-corrected chi connectivity index (χ4v) is 2.83. The highest BCUT2D eigenvalue weighted by Crippen LogP contribution is 2.39. The molecule has 2 aliphatic rings. The van der Waals surface area contributed by atoms with Crippen LogP contribution in [-0.2, 0) is 16.8 Å². The molecule has 1 aliphatic heterocycles. The van der Waals surface area contributed by atoms with Gasteiger partial charge in [-0.1, -0.05) is 6.07 Å². The quantitative estimate of drug-likeness (QED) is 0.446. The monoisotopic (exact) mass is 261 g/mol. The molecule has 0 radical (unpaired) electrons. The number of rotatable bonds is 1. The maximum absolute atomic E-state index is 12.0. The van der Waals surface area contributed by atoms with Crippen LogP contribution in [0.5, 0.6) is 0 Å². The van der Waals surface area contributed by atoms with E-state index in [1.54, 1.807) is 6.07 Å². The van der Waals surface area contributed by atoms with Gasteiger partial charge in [0, 0.05) is 12.1 Å². The summed E-state index contributed by atoms with van der Waals surface area (Å²) in [4.78, 5) is 33.8. The summed E-state index contributed by atoms with van der Waals surface area (Å²) >= 11 is 0. The van der Waals surface area contributed by atoms with Crippen LogP contribution in [0.25, 0.3) is 0 Å². The Kier molecular flexibility index (Phi) is 2.31. The minimum atomic E-state index is -1.14. The predicted molar refractivity (Wildman–Crippen MR) is 64.4 cm³/mol. The van der Waals surface area contributed by atoms with Gasteiger partial charge in [0.1, 0.15) is 5.54 Å². The van der Waals surface area contributed by atoms with Gasteiger partial charge in [0.15, 0.2) is 0 Å². The minimum Gasteiger partial charge on any atom is -0.319 e. The smallest absolute Gasteiger partial charge is 0.319 e. The Hall–Kier alpha value is -2.44. The molecule has 1 aromatic carbocycles. The van der Waals surface area contributed by atoms with Crippen LogP contribution >= 0.6 is 0 Å². The Balaban J connectivity index is 2.18. The van der Waals surface area contributed by atoms with Crippen LogP contribution in [0.15, 0.2) is 18.2 Å². The number of nitro benzene ring substituents is 1. The lowest BCUT2D eigenvalue weighted by Gasteiger charge is -2.32. The number of hydrogen-bond donors (Lipinski definition) is 2. The molecule has 98 valence electrons. The molecule has 0 saturated carbocycles. The van der Waals surface area contributed by atoms with E-state index >= 15 is 0 Å². The average molecular weight is 261 g/mol. The second-order valence-electron chi connectivity index (χ2n) is 4.77. The normalized spacial score (nSPS) is 24.8. The maximum atomic E-state index is 12.0. The lowest BCUT2D eigenvalue weighted by atomic mass is 9.76. The number of fused-ring (bicyclic) bond motifs is 2. The molecule has 0 bridgehead atoms. The van der Waals surface area contributed by atoms with Crippen molar-refractivity contribution in [3.8, 4) is 0 Å². The van der Waals surface area contributed by atoms with Crippen molar-refractivity contribution in [2.75, 3.05) is 0 Å². The molecule has 2 N–H and O–H groups in total. The molecule has 1 saturated heterocycles. The number of nitrogens with one attached hydrogen (secondary N) is 2. The third-order valence-electron chi connectivity index (χ3n) is 3.70. The van der Waals surface area contributed by atoms with Gasteiger partial charge in [0.2, 0.25) is 0 Å². The highest BCUT2D eigenvalue weighted by Gasteiger charge is 2.50. The zero-order valence-electron chi connectivity index (χ0n) is 9.93. The van der Waals surface area contributed by atoms with Gasteiger partial charge in [-0.25, -0.2) is 4.79 Å². The van der Waals surface area contributed by atoms with E-state index in [2.05, 4.69) is 10.6 Å². The molecule has 19 heavy (non-hydrogen) atoms. The molecular formula is C12H11N3O4. The molecule has 1 heterocycles. The Labute approximate surface area is 108 Å². The van der Waals surface area contributed by atoms with Gasteiger partial charge >= 0.3 is 6.03 Å². The van der Waals surface area contributed by atoms with Crippen molar-refractivity contribution in [1.82, 2.24) is 10.6 Å². The number of non-ortho nitro benzene ring substituents is 1. The zero-order chi connectivity index (χ0) is 13.6. The van der Waals surface area contributed by atoms with E-state index in [4.69, 9.17) is 0 Å². The van der Waals surface area contributed by atoms with Crippen molar-refractivity contribution in [3.05, 3.63) is 39.4 Å². The molecule has 1 atom stereocenters. The molecule has 3 amide bonds. The second kappa shape index (κ2) is 3.78. The number of nitrogens with zero attached hydrogens (tertiary/aromatic N) is 1. The first-order chi connectivity index (χ1) is 9.03. The van der Waals surface area contributed by atoms with Gasteiger partial charge in [-0.3, -0.25) is 20.2 Å².